The molecule has 2 unspecified atom stereocenters. The highest BCUT2D eigenvalue weighted by atomic mass is 16.5. The number of rotatable bonds is 2. The number of ether oxygens (including phenoxy) is 1. The quantitative estimate of drug-likeness (QED) is 0.729. The van der Waals surface area contributed by atoms with E-state index in [4.69, 9.17) is 4.74 Å². The molecule has 0 radical (unpaired) electrons. The van der Waals surface area contributed by atoms with E-state index in [2.05, 4.69) is 16.8 Å². The SMILES string of the molecule is COC(=O)C1CN(c2ccncc2C)CC1C. The zero-order chi connectivity index (χ0) is 12.4. The molecule has 4 nitrogen and oxygen atoms in total. The van der Waals surface area contributed by atoms with Crippen LogP contribution in [-0.4, -0.2) is 31.2 Å². The second kappa shape index (κ2) is 4.73. The highest BCUT2D eigenvalue weighted by Crippen LogP contribution is 2.30. The van der Waals surface area contributed by atoms with Crippen molar-refractivity contribution in [3.63, 3.8) is 0 Å². The first kappa shape index (κ1) is 11.9. The van der Waals surface area contributed by atoms with Crippen molar-refractivity contribution in [2.45, 2.75) is 13.8 Å². The zero-order valence-corrected chi connectivity index (χ0v) is 10.5. The monoisotopic (exact) mass is 234 g/mol. The van der Waals surface area contributed by atoms with Crippen LogP contribution in [0.5, 0.6) is 0 Å². The normalized spacial score (nSPS) is 23.8. The predicted molar refractivity (Wildman–Crippen MR) is 65.9 cm³/mol. The van der Waals surface area contributed by atoms with Gasteiger partial charge < -0.3 is 9.64 Å². The van der Waals surface area contributed by atoms with Gasteiger partial charge in [0.15, 0.2) is 0 Å². The van der Waals surface area contributed by atoms with Gasteiger partial charge in [0.2, 0.25) is 0 Å². The molecule has 17 heavy (non-hydrogen) atoms. The molecule has 1 aromatic rings. The van der Waals surface area contributed by atoms with Crippen molar-refractivity contribution < 1.29 is 9.53 Å². The molecule has 2 atom stereocenters. The van der Waals surface area contributed by atoms with Crippen molar-refractivity contribution >= 4 is 11.7 Å². The van der Waals surface area contributed by atoms with Crippen LogP contribution < -0.4 is 4.90 Å². The number of carbonyl (C=O) groups is 1. The molecule has 0 N–H and O–H groups in total. The number of nitrogens with zero attached hydrogens (tertiary/aromatic N) is 2. The van der Waals surface area contributed by atoms with Gasteiger partial charge in [-0.05, 0) is 24.5 Å². The van der Waals surface area contributed by atoms with Gasteiger partial charge in [0, 0.05) is 31.2 Å². The fourth-order valence-corrected chi connectivity index (χ4v) is 2.44. The molecule has 0 bridgehead atoms. The van der Waals surface area contributed by atoms with Crippen molar-refractivity contribution in [3.05, 3.63) is 24.0 Å². The number of aromatic nitrogens is 1. The minimum atomic E-state index is -0.105. The Labute approximate surface area is 102 Å². The molecular weight excluding hydrogens is 216 g/mol. The van der Waals surface area contributed by atoms with Crippen LogP contribution in [0, 0.1) is 18.8 Å². The predicted octanol–water partition coefficient (Wildman–Crippen LogP) is 1.64. The molecule has 1 aliphatic heterocycles. The molecule has 0 saturated carbocycles. The lowest BCUT2D eigenvalue weighted by Crippen LogP contribution is -2.24. The second-order valence-corrected chi connectivity index (χ2v) is 4.67. The number of esters is 1. The summed E-state index contributed by atoms with van der Waals surface area (Å²) in [6.45, 7) is 5.76. The largest absolute Gasteiger partial charge is 0.469 e. The van der Waals surface area contributed by atoms with Crippen LogP contribution in [0.15, 0.2) is 18.5 Å². The van der Waals surface area contributed by atoms with Crippen molar-refractivity contribution in [3.8, 4) is 0 Å². The molecule has 92 valence electrons. The van der Waals surface area contributed by atoms with Crippen molar-refractivity contribution in [2.75, 3.05) is 25.1 Å². The molecular formula is C13H18N2O2. The maximum atomic E-state index is 11.6. The second-order valence-electron chi connectivity index (χ2n) is 4.67. The molecule has 0 aromatic carbocycles. The lowest BCUT2D eigenvalue weighted by Gasteiger charge is -2.20. The molecule has 1 saturated heterocycles. The van der Waals surface area contributed by atoms with E-state index < -0.39 is 0 Å². The first-order valence-corrected chi connectivity index (χ1v) is 5.87. The van der Waals surface area contributed by atoms with E-state index in [9.17, 15) is 4.79 Å². The molecule has 4 heteroatoms. The van der Waals surface area contributed by atoms with E-state index in [1.165, 1.54) is 12.8 Å². The highest BCUT2D eigenvalue weighted by molar-refractivity contribution is 5.74. The van der Waals surface area contributed by atoms with Crippen LogP contribution in [-0.2, 0) is 9.53 Å². The Morgan fingerprint density at radius 2 is 2.29 bits per heavy atom. The summed E-state index contributed by atoms with van der Waals surface area (Å²) in [4.78, 5) is 18.0. The Hall–Kier alpha value is -1.58. The summed E-state index contributed by atoms with van der Waals surface area (Å²) >= 11 is 0. The zero-order valence-electron chi connectivity index (χ0n) is 10.5. The molecule has 1 aromatic heterocycles. The van der Waals surface area contributed by atoms with Crippen LogP contribution >= 0.6 is 0 Å². The van der Waals surface area contributed by atoms with Gasteiger partial charge >= 0.3 is 5.97 Å². The summed E-state index contributed by atoms with van der Waals surface area (Å²) in [6, 6.07) is 2.00. The summed E-state index contributed by atoms with van der Waals surface area (Å²) in [5.41, 5.74) is 2.31. The number of pyridine rings is 1. The van der Waals surface area contributed by atoms with Crippen LogP contribution in [0.4, 0.5) is 5.69 Å². The molecule has 1 fully saturated rings. The topological polar surface area (TPSA) is 42.4 Å². The summed E-state index contributed by atoms with van der Waals surface area (Å²) < 4.78 is 4.84. The summed E-state index contributed by atoms with van der Waals surface area (Å²) in [6.07, 6.45) is 3.64. The van der Waals surface area contributed by atoms with E-state index in [0.717, 1.165) is 18.7 Å². The number of hydrogen-bond donors (Lipinski definition) is 0. The van der Waals surface area contributed by atoms with Gasteiger partial charge in [0.05, 0.1) is 13.0 Å². The number of methoxy groups -OCH3 is 1. The highest BCUT2D eigenvalue weighted by Gasteiger charge is 2.35. The lowest BCUT2D eigenvalue weighted by molar-refractivity contribution is -0.145. The van der Waals surface area contributed by atoms with Crippen LogP contribution in [0.3, 0.4) is 0 Å². The van der Waals surface area contributed by atoms with Crippen LogP contribution in [0.2, 0.25) is 0 Å². The van der Waals surface area contributed by atoms with E-state index in [0.29, 0.717) is 5.92 Å². The smallest absolute Gasteiger partial charge is 0.310 e. The van der Waals surface area contributed by atoms with Gasteiger partial charge in [0.25, 0.3) is 0 Å². The first-order chi connectivity index (χ1) is 8.13. The molecule has 2 heterocycles. The van der Waals surface area contributed by atoms with E-state index >= 15 is 0 Å². The number of carbonyl (C=O) groups excluding carboxylic acids is 1. The fraction of sp³-hybridized carbons (Fsp3) is 0.538. The van der Waals surface area contributed by atoms with Gasteiger partial charge in [-0.15, -0.1) is 0 Å². The Bertz CT molecular complexity index is 420. The summed E-state index contributed by atoms with van der Waals surface area (Å²) in [5, 5.41) is 0. The third-order valence-corrected chi connectivity index (χ3v) is 3.45. The average molecular weight is 234 g/mol. The molecule has 0 amide bonds. The van der Waals surface area contributed by atoms with Gasteiger partial charge in [0.1, 0.15) is 0 Å². The minimum Gasteiger partial charge on any atom is -0.469 e. The molecule has 1 aliphatic rings. The number of anilines is 1. The Morgan fingerprint density at radius 1 is 1.53 bits per heavy atom. The Kier molecular flexibility index (Phi) is 3.31. The number of aryl methyl sites for hydroxylation is 1. The first-order valence-electron chi connectivity index (χ1n) is 5.87. The van der Waals surface area contributed by atoms with Crippen LogP contribution in [0.1, 0.15) is 12.5 Å². The molecule has 0 spiro atoms. The van der Waals surface area contributed by atoms with Crippen molar-refractivity contribution in [2.24, 2.45) is 11.8 Å². The average Bonchev–Trinajstić information content (AvgIpc) is 2.71. The number of hydrogen-bond acceptors (Lipinski definition) is 4. The maximum absolute atomic E-state index is 11.6. The third-order valence-electron chi connectivity index (χ3n) is 3.45. The van der Waals surface area contributed by atoms with Gasteiger partial charge in [-0.25, -0.2) is 0 Å². The van der Waals surface area contributed by atoms with E-state index in [-0.39, 0.29) is 11.9 Å². The third kappa shape index (κ3) is 2.25. The summed E-state index contributed by atoms with van der Waals surface area (Å²) in [7, 11) is 1.45. The van der Waals surface area contributed by atoms with Gasteiger partial charge in [-0.1, -0.05) is 6.92 Å². The lowest BCUT2D eigenvalue weighted by atomic mass is 9.99. The van der Waals surface area contributed by atoms with E-state index in [1.54, 1.807) is 6.20 Å². The van der Waals surface area contributed by atoms with Crippen LogP contribution in [0.25, 0.3) is 0 Å². The fourth-order valence-electron chi connectivity index (χ4n) is 2.44. The Balaban J connectivity index is 2.17. The minimum absolute atomic E-state index is 0.0208. The van der Waals surface area contributed by atoms with Crippen molar-refractivity contribution in [1.82, 2.24) is 4.98 Å². The maximum Gasteiger partial charge on any atom is 0.310 e. The van der Waals surface area contributed by atoms with Crippen molar-refractivity contribution in [1.29, 1.82) is 0 Å². The van der Waals surface area contributed by atoms with Gasteiger partial charge in [-0.2, -0.15) is 0 Å². The summed E-state index contributed by atoms with van der Waals surface area (Å²) in [5.74, 6) is 0.203. The molecule has 2 rings (SSSR count). The molecule has 0 aliphatic carbocycles. The van der Waals surface area contributed by atoms with E-state index in [1.807, 2.05) is 19.2 Å². The van der Waals surface area contributed by atoms with Gasteiger partial charge in [-0.3, -0.25) is 9.78 Å². The Morgan fingerprint density at radius 3 is 2.94 bits per heavy atom. The standard InChI is InChI=1S/C13H18N2O2/c1-9-6-14-5-4-12(9)15-7-10(2)11(8-15)13(16)17-3/h4-6,10-11H,7-8H2,1-3H3.